The molecule has 0 N–H and O–H groups in total. The van der Waals surface area contributed by atoms with Gasteiger partial charge in [0.15, 0.2) is 11.5 Å². The number of nitrogens with zero attached hydrogens (tertiary/aromatic N) is 2. The van der Waals surface area contributed by atoms with Gasteiger partial charge in [-0.3, -0.25) is 24.6 Å². The highest BCUT2D eigenvalue weighted by atomic mass is 127. The van der Waals surface area contributed by atoms with E-state index in [0.29, 0.717) is 22.6 Å². The summed E-state index contributed by atoms with van der Waals surface area (Å²) < 4.78 is 12.0. The predicted octanol–water partition coefficient (Wildman–Crippen LogP) is 5.23. The van der Waals surface area contributed by atoms with Crippen molar-refractivity contribution in [3.63, 3.8) is 0 Å². The number of nitro benzene ring substituents is 1. The van der Waals surface area contributed by atoms with Gasteiger partial charge in [-0.25, -0.2) is 0 Å². The number of rotatable bonds is 7. The summed E-state index contributed by atoms with van der Waals surface area (Å²) in [5.41, 5.74) is 1.10. The lowest BCUT2D eigenvalue weighted by molar-refractivity contribution is -0.384. The number of hydrogen-bond acceptors (Lipinski definition) is 7. The van der Waals surface area contributed by atoms with Crippen LogP contribution in [-0.2, 0) is 11.3 Å². The Morgan fingerprint density at radius 2 is 2.00 bits per heavy atom. The number of amides is 2. The average molecular weight is 554 g/mol. The Kier molecular flexibility index (Phi) is 7.21. The average Bonchev–Trinajstić information content (AvgIpc) is 2.97. The van der Waals surface area contributed by atoms with Crippen molar-refractivity contribution < 1.29 is 24.0 Å². The van der Waals surface area contributed by atoms with E-state index < -0.39 is 16.1 Å². The molecule has 10 heteroatoms. The highest BCUT2D eigenvalue weighted by molar-refractivity contribution is 14.1. The molecule has 0 radical (unpaired) electrons. The van der Waals surface area contributed by atoms with Crippen LogP contribution in [-0.4, -0.2) is 34.2 Å². The normalized spacial score (nSPS) is 15.1. The Labute approximate surface area is 196 Å². The molecule has 162 valence electrons. The fourth-order valence-electron chi connectivity index (χ4n) is 2.91. The van der Waals surface area contributed by atoms with Gasteiger partial charge in [0.1, 0.15) is 0 Å². The zero-order valence-electron chi connectivity index (χ0n) is 17.0. The number of halogens is 1. The Morgan fingerprint density at radius 1 is 1.26 bits per heavy atom. The Balaban J connectivity index is 1.86. The minimum absolute atomic E-state index is 0.0291. The number of nitro groups is 1. The molecule has 0 saturated carbocycles. The van der Waals surface area contributed by atoms with Crippen LogP contribution in [0.1, 0.15) is 25.0 Å². The van der Waals surface area contributed by atoms with Crippen LogP contribution in [0.2, 0.25) is 0 Å². The van der Waals surface area contributed by atoms with E-state index in [-0.39, 0.29) is 23.2 Å². The first kappa shape index (κ1) is 23.1. The smallest absolute Gasteiger partial charge is 0.293 e. The lowest BCUT2D eigenvalue weighted by Gasteiger charge is -2.16. The molecule has 1 aliphatic heterocycles. The van der Waals surface area contributed by atoms with Gasteiger partial charge in [-0.05, 0) is 77.5 Å². The van der Waals surface area contributed by atoms with Crippen molar-refractivity contribution in [3.05, 3.63) is 66.1 Å². The van der Waals surface area contributed by atoms with Crippen molar-refractivity contribution in [2.75, 3.05) is 7.11 Å². The zero-order chi connectivity index (χ0) is 22.7. The third-order valence-electron chi connectivity index (χ3n) is 4.24. The molecule has 0 bridgehead atoms. The second kappa shape index (κ2) is 9.69. The molecule has 1 fully saturated rings. The molecule has 3 rings (SSSR count). The van der Waals surface area contributed by atoms with Crippen LogP contribution in [0.15, 0.2) is 41.3 Å². The number of carbonyl (C=O) groups excluding carboxylic acids is 2. The molecular formula is C21H19IN2O6S. The van der Waals surface area contributed by atoms with E-state index in [4.69, 9.17) is 9.47 Å². The standard InChI is InChI=1S/C21H19IN2O6S/c1-12(2)30-19-16(22)8-14(9-17(19)29-3)10-18-20(25)23(21(26)31-18)11-13-5-4-6-15(7-13)24(27)28/h4-10,12H,11H2,1-3H3/b18-10+. The minimum atomic E-state index is -0.515. The first-order chi connectivity index (χ1) is 14.7. The third-order valence-corrected chi connectivity index (χ3v) is 5.95. The molecule has 2 aromatic rings. The largest absolute Gasteiger partial charge is 0.493 e. The number of thioether (sulfide) groups is 1. The van der Waals surface area contributed by atoms with E-state index in [0.717, 1.165) is 20.2 Å². The SMILES string of the molecule is COc1cc(/C=C2/SC(=O)N(Cc3cccc([N+](=O)[O-])c3)C2=O)cc(I)c1OC(C)C. The van der Waals surface area contributed by atoms with Gasteiger partial charge in [0, 0.05) is 12.1 Å². The van der Waals surface area contributed by atoms with Crippen molar-refractivity contribution in [1.82, 2.24) is 4.90 Å². The van der Waals surface area contributed by atoms with Gasteiger partial charge in [-0.15, -0.1) is 0 Å². The maximum atomic E-state index is 12.8. The van der Waals surface area contributed by atoms with Crippen LogP contribution >= 0.6 is 34.4 Å². The molecule has 0 atom stereocenters. The van der Waals surface area contributed by atoms with Gasteiger partial charge in [-0.2, -0.15) is 0 Å². The maximum Gasteiger partial charge on any atom is 0.293 e. The number of benzene rings is 2. The molecule has 1 saturated heterocycles. The molecule has 0 aromatic heterocycles. The van der Waals surface area contributed by atoms with Gasteiger partial charge in [-0.1, -0.05) is 12.1 Å². The van der Waals surface area contributed by atoms with E-state index in [1.165, 1.54) is 25.3 Å². The van der Waals surface area contributed by atoms with Gasteiger partial charge < -0.3 is 9.47 Å². The number of methoxy groups -OCH3 is 1. The van der Waals surface area contributed by atoms with E-state index in [2.05, 4.69) is 22.6 Å². The summed E-state index contributed by atoms with van der Waals surface area (Å²) in [6, 6.07) is 9.47. The number of imide groups is 1. The quantitative estimate of drug-likeness (QED) is 0.200. The maximum absolute atomic E-state index is 12.8. The number of ether oxygens (including phenoxy) is 2. The summed E-state index contributed by atoms with van der Waals surface area (Å²) in [5, 5.41) is 10.5. The number of hydrogen-bond donors (Lipinski definition) is 0. The first-order valence-electron chi connectivity index (χ1n) is 9.22. The van der Waals surface area contributed by atoms with Crippen molar-refractivity contribution >= 4 is 57.3 Å². The predicted molar refractivity (Wildman–Crippen MR) is 126 cm³/mol. The van der Waals surface area contributed by atoms with Crippen molar-refractivity contribution in [1.29, 1.82) is 0 Å². The molecular weight excluding hydrogens is 535 g/mol. The summed E-state index contributed by atoms with van der Waals surface area (Å²) in [6.07, 6.45) is 1.60. The Morgan fingerprint density at radius 3 is 2.65 bits per heavy atom. The van der Waals surface area contributed by atoms with Gasteiger partial charge in [0.25, 0.3) is 16.8 Å². The topological polar surface area (TPSA) is 99.0 Å². The van der Waals surface area contributed by atoms with Gasteiger partial charge in [0.05, 0.1) is 33.2 Å². The summed E-state index contributed by atoms with van der Waals surface area (Å²) in [4.78, 5) is 37.0. The van der Waals surface area contributed by atoms with Crippen LogP contribution in [0, 0.1) is 13.7 Å². The van der Waals surface area contributed by atoms with E-state index in [9.17, 15) is 19.7 Å². The van der Waals surface area contributed by atoms with E-state index in [1.807, 2.05) is 19.9 Å². The van der Waals surface area contributed by atoms with E-state index in [1.54, 1.807) is 18.2 Å². The van der Waals surface area contributed by atoms with Crippen LogP contribution < -0.4 is 9.47 Å². The summed E-state index contributed by atoms with van der Waals surface area (Å²) in [7, 11) is 1.54. The molecule has 2 amide bonds. The molecule has 1 heterocycles. The van der Waals surface area contributed by atoms with Crippen molar-refractivity contribution in [2.24, 2.45) is 0 Å². The molecule has 0 unspecified atom stereocenters. The third kappa shape index (κ3) is 5.37. The van der Waals surface area contributed by atoms with Gasteiger partial charge in [0.2, 0.25) is 0 Å². The van der Waals surface area contributed by atoms with Crippen molar-refractivity contribution in [3.8, 4) is 11.5 Å². The number of carbonyl (C=O) groups is 2. The Bertz CT molecular complexity index is 1090. The van der Waals surface area contributed by atoms with Gasteiger partial charge >= 0.3 is 0 Å². The van der Waals surface area contributed by atoms with Crippen molar-refractivity contribution in [2.45, 2.75) is 26.5 Å². The molecule has 0 spiro atoms. The minimum Gasteiger partial charge on any atom is -0.493 e. The van der Waals surface area contributed by atoms with Crippen LogP contribution in [0.3, 0.4) is 0 Å². The summed E-state index contributed by atoms with van der Waals surface area (Å²) in [6.45, 7) is 3.80. The lowest BCUT2D eigenvalue weighted by atomic mass is 10.1. The highest BCUT2D eigenvalue weighted by Gasteiger charge is 2.35. The Hall–Kier alpha value is -2.60. The molecule has 1 aliphatic rings. The summed E-state index contributed by atoms with van der Waals surface area (Å²) in [5.74, 6) is 0.703. The fourth-order valence-corrected chi connectivity index (χ4v) is 4.50. The van der Waals surface area contributed by atoms with Crippen LogP contribution in [0.5, 0.6) is 11.5 Å². The highest BCUT2D eigenvalue weighted by Crippen LogP contribution is 2.38. The second-order valence-electron chi connectivity index (χ2n) is 6.90. The molecule has 0 aliphatic carbocycles. The molecule has 31 heavy (non-hydrogen) atoms. The van der Waals surface area contributed by atoms with Crippen LogP contribution in [0.4, 0.5) is 10.5 Å². The first-order valence-corrected chi connectivity index (χ1v) is 11.1. The summed E-state index contributed by atoms with van der Waals surface area (Å²) >= 11 is 2.96. The lowest BCUT2D eigenvalue weighted by Crippen LogP contribution is -2.27. The molecule has 8 nitrogen and oxygen atoms in total. The fraction of sp³-hybridized carbons (Fsp3) is 0.238. The zero-order valence-corrected chi connectivity index (χ0v) is 19.9. The number of non-ortho nitro benzene ring substituents is 1. The molecule has 2 aromatic carbocycles. The second-order valence-corrected chi connectivity index (χ2v) is 9.05. The monoisotopic (exact) mass is 554 g/mol. The van der Waals surface area contributed by atoms with Crippen LogP contribution in [0.25, 0.3) is 6.08 Å². The van der Waals surface area contributed by atoms with E-state index >= 15 is 0 Å².